The molecule has 1 saturated carbocycles. The van der Waals surface area contributed by atoms with Crippen LogP contribution in [0.3, 0.4) is 0 Å². The molecule has 0 aromatic heterocycles. The third kappa shape index (κ3) is 3.75. The molecule has 0 aromatic carbocycles. The first-order chi connectivity index (χ1) is 10.3. The Labute approximate surface area is 127 Å². The SMILES string of the molecule is C=CC1CCC(C2COC(C3CC=C(F)CC3)OC2)CC1. The summed E-state index contributed by atoms with van der Waals surface area (Å²) in [6, 6.07) is 0. The first-order valence-electron chi connectivity index (χ1n) is 8.46. The summed E-state index contributed by atoms with van der Waals surface area (Å²) in [6.45, 7) is 5.54. The Hall–Kier alpha value is -0.670. The molecule has 1 unspecified atom stereocenters. The summed E-state index contributed by atoms with van der Waals surface area (Å²) in [7, 11) is 0. The van der Waals surface area contributed by atoms with Crippen LogP contribution in [0.1, 0.15) is 44.9 Å². The van der Waals surface area contributed by atoms with E-state index >= 15 is 0 Å². The van der Waals surface area contributed by atoms with E-state index in [1.807, 2.05) is 0 Å². The van der Waals surface area contributed by atoms with Crippen LogP contribution in [0.4, 0.5) is 4.39 Å². The van der Waals surface area contributed by atoms with E-state index in [1.165, 1.54) is 25.7 Å². The van der Waals surface area contributed by atoms with Crippen LogP contribution in [0.25, 0.3) is 0 Å². The van der Waals surface area contributed by atoms with Crippen LogP contribution >= 0.6 is 0 Å². The largest absolute Gasteiger partial charge is 0.352 e. The highest BCUT2D eigenvalue weighted by Crippen LogP contribution is 2.37. The average molecular weight is 294 g/mol. The van der Waals surface area contributed by atoms with Crippen molar-refractivity contribution in [3.63, 3.8) is 0 Å². The summed E-state index contributed by atoms with van der Waals surface area (Å²) in [5.74, 6) is 2.36. The molecule has 0 bridgehead atoms. The molecule has 21 heavy (non-hydrogen) atoms. The minimum Gasteiger partial charge on any atom is -0.352 e. The minimum absolute atomic E-state index is 0.0268. The van der Waals surface area contributed by atoms with E-state index in [4.69, 9.17) is 9.47 Å². The van der Waals surface area contributed by atoms with Crippen molar-refractivity contribution in [2.45, 2.75) is 51.2 Å². The van der Waals surface area contributed by atoms with E-state index in [1.54, 1.807) is 6.08 Å². The van der Waals surface area contributed by atoms with E-state index in [0.29, 0.717) is 24.2 Å². The number of ether oxygens (including phenoxy) is 2. The van der Waals surface area contributed by atoms with Crippen molar-refractivity contribution in [1.29, 1.82) is 0 Å². The summed E-state index contributed by atoms with van der Waals surface area (Å²) >= 11 is 0. The van der Waals surface area contributed by atoms with Gasteiger partial charge in [0.2, 0.25) is 0 Å². The van der Waals surface area contributed by atoms with E-state index in [9.17, 15) is 4.39 Å². The van der Waals surface area contributed by atoms with Gasteiger partial charge in [0.05, 0.1) is 19.0 Å². The number of rotatable bonds is 3. The maximum Gasteiger partial charge on any atom is 0.160 e. The Morgan fingerprint density at radius 1 is 1.00 bits per heavy atom. The Morgan fingerprint density at radius 2 is 1.71 bits per heavy atom. The van der Waals surface area contributed by atoms with Gasteiger partial charge in [-0.15, -0.1) is 6.58 Å². The molecule has 1 heterocycles. The molecule has 118 valence electrons. The normalized spacial score (nSPS) is 41.4. The quantitative estimate of drug-likeness (QED) is 0.707. The lowest BCUT2D eigenvalue weighted by molar-refractivity contribution is -0.233. The van der Waals surface area contributed by atoms with Gasteiger partial charge in [0.25, 0.3) is 0 Å². The molecule has 0 spiro atoms. The highest BCUT2D eigenvalue weighted by atomic mass is 19.1. The molecule has 1 aliphatic heterocycles. The highest BCUT2D eigenvalue weighted by molar-refractivity contribution is 4.98. The molecule has 0 N–H and O–H groups in total. The Morgan fingerprint density at radius 3 is 2.29 bits per heavy atom. The van der Waals surface area contributed by atoms with Gasteiger partial charge in [0.15, 0.2) is 6.29 Å². The van der Waals surface area contributed by atoms with Gasteiger partial charge >= 0.3 is 0 Å². The summed E-state index contributed by atoms with van der Waals surface area (Å²) in [6.07, 6.45) is 10.9. The zero-order valence-corrected chi connectivity index (χ0v) is 12.8. The lowest BCUT2D eigenvalue weighted by atomic mass is 9.76. The van der Waals surface area contributed by atoms with E-state index < -0.39 is 0 Å². The fraction of sp³-hybridized carbons (Fsp3) is 0.778. The van der Waals surface area contributed by atoms with E-state index in [2.05, 4.69) is 12.7 Å². The zero-order valence-electron chi connectivity index (χ0n) is 12.8. The molecule has 1 atom stereocenters. The fourth-order valence-electron chi connectivity index (χ4n) is 4.00. The average Bonchev–Trinajstić information content (AvgIpc) is 2.56. The molecule has 3 heteroatoms. The van der Waals surface area contributed by atoms with Gasteiger partial charge < -0.3 is 9.47 Å². The summed E-state index contributed by atoms with van der Waals surface area (Å²) in [5, 5.41) is 0. The lowest BCUT2D eigenvalue weighted by Gasteiger charge is -2.39. The number of halogens is 1. The molecule has 3 aliphatic rings. The van der Waals surface area contributed by atoms with Crippen molar-refractivity contribution in [3.05, 3.63) is 24.6 Å². The monoisotopic (exact) mass is 294 g/mol. The maximum absolute atomic E-state index is 13.1. The molecular weight excluding hydrogens is 267 g/mol. The molecule has 2 fully saturated rings. The standard InChI is InChI=1S/C18H27FO2/c1-2-13-3-5-14(6-4-13)16-11-20-18(21-12-16)15-7-9-17(19)10-8-15/h2,9,13-16,18H,1,3-8,10-12H2. The number of hydrogen-bond donors (Lipinski definition) is 0. The van der Waals surface area contributed by atoms with E-state index in [0.717, 1.165) is 32.0 Å². The van der Waals surface area contributed by atoms with Gasteiger partial charge in [-0.25, -0.2) is 4.39 Å². The molecule has 1 saturated heterocycles. The molecule has 0 amide bonds. The van der Waals surface area contributed by atoms with Crippen LogP contribution < -0.4 is 0 Å². The number of allylic oxidation sites excluding steroid dienone is 3. The fourth-order valence-corrected chi connectivity index (χ4v) is 4.00. The molecular formula is C18H27FO2. The van der Waals surface area contributed by atoms with Gasteiger partial charge in [-0.1, -0.05) is 12.2 Å². The van der Waals surface area contributed by atoms with Crippen LogP contribution in [0.2, 0.25) is 0 Å². The summed E-state index contributed by atoms with van der Waals surface area (Å²) < 4.78 is 25.0. The second-order valence-corrected chi connectivity index (χ2v) is 6.89. The summed E-state index contributed by atoms with van der Waals surface area (Å²) in [4.78, 5) is 0. The van der Waals surface area contributed by atoms with Gasteiger partial charge in [0.1, 0.15) is 0 Å². The van der Waals surface area contributed by atoms with E-state index in [-0.39, 0.29) is 12.1 Å². The van der Waals surface area contributed by atoms with Gasteiger partial charge in [0, 0.05) is 11.8 Å². The Balaban J connectivity index is 1.44. The Bertz CT molecular complexity index is 377. The molecule has 3 rings (SSSR count). The van der Waals surface area contributed by atoms with Gasteiger partial charge in [-0.2, -0.15) is 0 Å². The topological polar surface area (TPSA) is 18.5 Å². The second kappa shape index (κ2) is 7.06. The molecule has 2 nitrogen and oxygen atoms in total. The van der Waals surface area contributed by atoms with Gasteiger partial charge in [-0.3, -0.25) is 0 Å². The Kier molecular flexibility index (Phi) is 5.12. The van der Waals surface area contributed by atoms with Crippen molar-refractivity contribution >= 4 is 0 Å². The van der Waals surface area contributed by atoms with Crippen molar-refractivity contribution in [2.24, 2.45) is 23.7 Å². The third-order valence-electron chi connectivity index (χ3n) is 5.55. The highest BCUT2D eigenvalue weighted by Gasteiger charge is 2.34. The molecule has 2 aliphatic carbocycles. The van der Waals surface area contributed by atoms with Crippen LogP contribution in [0.5, 0.6) is 0 Å². The zero-order chi connectivity index (χ0) is 14.7. The summed E-state index contributed by atoms with van der Waals surface area (Å²) in [5.41, 5.74) is 0. The predicted octanol–water partition coefficient (Wildman–Crippen LogP) is 4.62. The molecule has 0 aromatic rings. The molecule has 0 radical (unpaired) electrons. The minimum atomic E-state index is -0.116. The first-order valence-corrected chi connectivity index (χ1v) is 8.46. The first kappa shape index (κ1) is 15.2. The van der Waals surface area contributed by atoms with Crippen LogP contribution in [0.15, 0.2) is 24.6 Å². The van der Waals surface area contributed by atoms with Crippen LogP contribution in [-0.2, 0) is 9.47 Å². The predicted molar refractivity (Wildman–Crippen MR) is 81.4 cm³/mol. The van der Waals surface area contributed by atoms with Crippen LogP contribution in [0, 0.1) is 23.7 Å². The maximum atomic E-state index is 13.1. The van der Waals surface area contributed by atoms with Crippen LogP contribution in [-0.4, -0.2) is 19.5 Å². The van der Waals surface area contributed by atoms with Crippen molar-refractivity contribution in [2.75, 3.05) is 13.2 Å². The van der Waals surface area contributed by atoms with Crippen molar-refractivity contribution < 1.29 is 13.9 Å². The number of hydrogen-bond acceptors (Lipinski definition) is 2. The van der Waals surface area contributed by atoms with Crippen molar-refractivity contribution in [3.8, 4) is 0 Å². The second-order valence-electron chi connectivity index (χ2n) is 6.89. The van der Waals surface area contributed by atoms with Gasteiger partial charge in [-0.05, 0) is 56.8 Å². The lowest BCUT2D eigenvalue weighted by Crippen LogP contribution is -2.40. The third-order valence-corrected chi connectivity index (χ3v) is 5.55. The van der Waals surface area contributed by atoms with Crippen molar-refractivity contribution in [1.82, 2.24) is 0 Å². The smallest absolute Gasteiger partial charge is 0.160 e.